The Kier molecular flexibility index (Phi) is 7.50. The number of carbonyl (C=O) groups excluding carboxylic acids is 3. The molecule has 0 unspecified atom stereocenters. The van der Waals surface area contributed by atoms with Gasteiger partial charge in [-0.2, -0.15) is 0 Å². The molecule has 0 bridgehead atoms. The van der Waals surface area contributed by atoms with Gasteiger partial charge in [0, 0.05) is 42.7 Å². The molecule has 2 aromatic rings. The van der Waals surface area contributed by atoms with Crippen molar-refractivity contribution in [3.63, 3.8) is 0 Å². The SMILES string of the molecule is O=C(NCC[C@H]1CCCCN1C(=O)CCN1C(=O)COc2ccc(Cl)cc21)c1ccccc1. The number of rotatable bonds is 7. The Bertz CT molecular complexity index is 1010. The van der Waals surface area contributed by atoms with Crippen LogP contribution in [0.2, 0.25) is 5.02 Å². The maximum absolute atomic E-state index is 13.1. The molecule has 4 rings (SSSR count). The van der Waals surface area contributed by atoms with Gasteiger partial charge in [0.15, 0.2) is 6.61 Å². The summed E-state index contributed by atoms with van der Waals surface area (Å²) >= 11 is 6.10. The lowest BCUT2D eigenvalue weighted by Crippen LogP contribution is -2.47. The van der Waals surface area contributed by atoms with Gasteiger partial charge in [0.1, 0.15) is 5.75 Å². The standard InChI is InChI=1S/C25H28ClN3O4/c26-19-9-10-22-21(16-19)29(24(31)17-33-22)15-12-23(30)28-14-5-4-8-20(28)11-13-27-25(32)18-6-2-1-3-7-18/h1-3,6-7,9-10,16,20H,4-5,8,11-15,17H2,(H,27,32)/t20-/m1/s1. The second-order valence-electron chi connectivity index (χ2n) is 8.34. The van der Waals surface area contributed by atoms with E-state index < -0.39 is 0 Å². The maximum atomic E-state index is 13.1. The molecule has 0 aromatic heterocycles. The fraction of sp³-hybridized carbons (Fsp3) is 0.400. The smallest absolute Gasteiger partial charge is 0.265 e. The summed E-state index contributed by atoms with van der Waals surface area (Å²) in [5, 5.41) is 3.47. The second kappa shape index (κ2) is 10.7. The lowest BCUT2D eigenvalue weighted by molar-refractivity contribution is -0.134. The number of likely N-dealkylation sites (tertiary alicyclic amines) is 1. The average molecular weight is 470 g/mol. The van der Waals surface area contributed by atoms with Gasteiger partial charge >= 0.3 is 0 Å². The predicted molar refractivity (Wildman–Crippen MR) is 127 cm³/mol. The minimum Gasteiger partial charge on any atom is -0.482 e. The van der Waals surface area contributed by atoms with E-state index in [-0.39, 0.29) is 43.3 Å². The summed E-state index contributed by atoms with van der Waals surface area (Å²) in [7, 11) is 0. The molecule has 1 atom stereocenters. The zero-order valence-corrected chi connectivity index (χ0v) is 19.2. The summed E-state index contributed by atoms with van der Waals surface area (Å²) in [6.45, 7) is 1.45. The van der Waals surface area contributed by atoms with Crippen LogP contribution in [0.5, 0.6) is 5.75 Å². The van der Waals surface area contributed by atoms with Crippen LogP contribution < -0.4 is 15.0 Å². The Hall–Kier alpha value is -3.06. The number of amides is 3. The predicted octanol–water partition coefficient (Wildman–Crippen LogP) is 3.66. The summed E-state index contributed by atoms with van der Waals surface area (Å²) in [6, 6.07) is 14.3. The minimum absolute atomic E-state index is 0.0250. The van der Waals surface area contributed by atoms with Crippen LogP contribution in [-0.4, -0.2) is 54.9 Å². The Morgan fingerprint density at radius 3 is 2.76 bits per heavy atom. The molecule has 0 radical (unpaired) electrons. The molecular formula is C25H28ClN3O4. The van der Waals surface area contributed by atoms with Crippen LogP contribution >= 0.6 is 11.6 Å². The Labute approximate surface area is 198 Å². The third kappa shape index (κ3) is 5.66. The van der Waals surface area contributed by atoms with E-state index in [1.54, 1.807) is 35.2 Å². The first kappa shape index (κ1) is 23.1. The molecule has 174 valence electrons. The summed E-state index contributed by atoms with van der Waals surface area (Å²) in [5.41, 5.74) is 1.23. The zero-order chi connectivity index (χ0) is 23.2. The fourth-order valence-corrected chi connectivity index (χ4v) is 4.61. The van der Waals surface area contributed by atoms with Crippen LogP contribution in [0.15, 0.2) is 48.5 Å². The van der Waals surface area contributed by atoms with Crippen molar-refractivity contribution >= 4 is 35.0 Å². The van der Waals surface area contributed by atoms with Gasteiger partial charge in [0.05, 0.1) is 5.69 Å². The molecule has 0 aliphatic carbocycles. The number of anilines is 1. The van der Waals surface area contributed by atoms with Crippen molar-refractivity contribution in [2.45, 2.75) is 38.1 Å². The number of ether oxygens (including phenoxy) is 1. The van der Waals surface area contributed by atoms with E-state index in [1.165, 1.54) is 0 Å². The van der Waals surface area contributed by atoms with Crippen LogP contribution in [0.25, 0.3) is 0 Å². The highest BCUT2D eigenvalue weighted by molar-refractivity contribution is 6.31. The number of piperidine rings is 1. The van der Waals surface area contributed by atoms with E-state index >= 15 is 0 Å². The quantitative estimate of drug-likeness (QED) is 0.671. The Morgan fingerprint density at radius 2 is 1.94 bits per heavy atom. The monoisotopic (exact) mass is 469 g/mol. The number of hydrogen-bond donors (Lipinski definition) is 1. The fourth-order valence-electron chi connectivity index (χ4n) is 4.44. The molecular weight excluding hydrogens is 442 g/mol. The highest BCUT2D eigenvalue weighted by Crippen LogP contribution is 2.34. The third-order valence-electron chi connectivity index (χ3n) is 6.16. The molecule has 1 N–H and O–H groups in total. The molecule has 2 aliphatic rings. The van der Waals surface area contributed by atoms with Gasteiger partial charge in [-0.1, -0.05) is 29.8 Å². The third-order valence-corrected chi connectivity index (χ3v) is 6.39. The molecule has 0 spiro atoms. The number of hydrogen-bond acceptors (Lipinski definition) is 4. The normalized spacial score (nSPS) is 17.8. The summed E-state index contributed by atoms with van der Waals surface area (Å²) < 4.78 is 5.48. The molecule has 3 amide bonds. The molecule has 33 heavy (non-hydrogen) atoms. The summed E-state index contributed by atoms with van der Waals surface area (Å²) in [5.74, 6) is 0.331. The molecule has 2 heterocycles. The molecule has 1 fully saturated rings. The van der Waals surface area contributed by atoms with Crippen LogP contribution in [0, 0.1) is 0 Å². The van der Waals surface area contributed by atoms with Crippen molar-refractivity contribution in [1.82, 2.24) is 10.2 Å². The van der Waals surface area contributed by atoms with Crippen molar-refractivity contribution in [3.05, 3.63) is 59.1 Å². The van der Waals surface area contributed by atoms with Gasteiger partial charge in [-0.3, -0.25) is 14.4 Å². The van der Waals surface area contributed by atoms with Gasteiger partial charge in [-0.25, -0.2) is 0 Å². The van der Waals surface area contributed by atoms with Crippen LogP contribution in [0.4, 0.5) is 5.69 Å². The van der Waals surface area contributed by atoms with Crippen molar-refractivity contribution < 1.29 is 19.1 Å². The van der Waals surface area contributed by atoms with Crippen molar-refractivity contribution in [2.75, 3.05) is 31.1 Å². The van der Waals surface area contributed by atoms with E-state index in [2.05, 4.69) is 5.32 Å². The first-order chi connectivity index (χ1) is 16.0. The van der Waals surface area contributed by atoms with Gasteiger partial charge in [-0.05, 0) is 56.0 Å². The number of nitrogens with zero attached hydrogens (tertiary/aromatic N) is 2. The number of benzene rings is 2. The zero-order valence-electron chi connectivity index (χ0n) is 18.5. The van der Waals surface area contributed by atoms with Crippen molar-refractivity contribution in [2.24, 2.45) is 0 Å². The summed E-state index contributed by atoms with van der Waals surface area (Å²) in [6.07, 6.45) is 3.88. The molecule has 2 aliphatic heterocycles. The lowest BCUT2D eigenvalue weighted by atomic mass is 9.98. The highest BCUT2D eigenvalue weighted by Gasteiger charge is 2.30. The molecule has 2 aromatic carbocycles. The lowest BCUT2D eigenvalue weighted by Gasteiger charge is -2.37. The maximum Gasteiger partial charge on any atom is 0.265 e. The van der Waals surface area contributed by atoms with Gasteiger partial charge in [0.25, 0.3) is 11.8 Å². The first-order valence-corrected chi connectivity index (χ1v) is 11.8. The van der Waals surface area contributed by atoms with E-state index in [1.807, 2.05) is 23.1 Å². The van der Waals surface area contributed by atoms with Crippen LogP contribution in [0.3, 0.4) is 0 Å². The van der Waals surface area contributed by atoms with Crippen molar-refractivity contribution in [3.8, 4) is 5.75 Å². The largest absolute Gasteiger partial charge is 0.482 e. The number of carbonyl (C=O) groups is 3. The van der Waals surface area contributed by atoms with E-state index in [4.69, 9.17) is 16.3 Å². The number of fused-ring (bicyclic) bond motifs is 1. The van der Waals surface area contributed by atoms with Crippen LogP contribution in [0.1, 0.15) is 42.5 Å². The second-order valence-corrected chi connectivity index (χ2v) is 8.78. The molecule has 7 nitrogen and oxygen atoms in total. The Balaban J connectivity index is 1.32. The van der Waals surface area contributed by atoms with Gasteiger partial charge < -0.3 is 19.9 Å². The van der Waals surface area contributed by atoms with E-state index in [9.17, 15) is 14.4 Å². The Morgan fingerprint density at radius 1 is 1.12 bits per heavy atom. The van der Waals surface area contributed by atoms with Crippen LogP contribution in [-0.2, 0) is 9.59 Å². The average Bonchev–Trinajstić information content (AvgIpc) is 2.84. The molecule has 0 saturated carbocycles. The van der Waals surface area contributed by atoms with Gasteiger partial charge in [-0.15, -0.1) is 0 Å². The molecule has 8 heteroatoms. The van der Waals surface area contributed by atoms with E-state index in [0.29, 0.717) is 41.5 Å². The highest BCUT2D eigenvalue weighted by atomic mass is 35.5. The number of halogens is 1. The number of nitrogens with one attached hydrogen (secondary N) is 1. The first-order valence-electron chi connectivity index (χ1n) is 11.4. The van der Waals surface area contributed by atoms with Crippen molar-refractivity contribution in [1.29, 1.82) is 0 Å². The van der Waals surface area contributed by atoms with Gasteiger partial charge in [0.2, 0.25) is 5.91 Å². The minimum atomic E-state index is -0.184. The van der Waals surface area contributed by atoms with E-state index in [0.717, 1.165) is 19.3 Å². The topological polar surface area (TPSA) is 79.0 Å². The summed E-state index contributed by atoms with van der Waals surface area (Å²) in [4.78, 5) is 41.3. The molecule has 1 saturated heterocycles.